The Morgan fingerprint density at radius 1 is 1.00 bits per heavy atom. The molecular formula is C24H16N4O5S. The highest BCUT2D eigenvalue weighted by molar-refractivity contribution is 7.22. The highest BCUT2D eigenvalue weighted by Gasteiger charge is 2.42. The van der Waals surface area contributed by atoms with Crippen molar-refractivity contribution in [2.45, 2.75) is 12.5 Å². The lowest BCUT2D eigenvalue weighted by atomic mass is 10.0. The Morgan fingerprint density at radius 3 is 2.29 bits per heavy atom. The van der Waals surface area contributed by atoms with Crippen LogP contribution in [-0.2, 0) is 11.2 Å². The Bertz CT molecular complexity index is 1430. The maximum Gasteiger partial charge on any atom is 0.270 e. The van der Waals surface area contributed by atoms with Crippen LogP contribution in [0, 0.1) is 10.1 Å². The number of hydrogen-bond acceptors (Lipinski definition) is 7. The Labute approximate surface area is 196 Å². The number of thiazole rings is 1. The summed E-state index contributed by atoms with van der Waals surface area (Å²) in [7, 11) is 0. The zero-order valence-corrected chi connectivity index (χ0v) is 18.3. The van der Waals surface area contributed by atoms with E-state index in [-0.39, 0.29) is 28.4 Å². The second-order valence-electron chi connectivity index (χ2n) is 7.65. The molecule has 0 radical (unpaired) electrons. The summed E-state index contributed by atoms with van der Waals surface area (Å²) in [6, 6.07) is 18.7. The molecule has 2 heterocycles. The predicted octanol–water partition coefficient (Wildman–Crippen LogP) is 4.05. The molecule has 4 aromatic rings. The van der Waals surface area contributed by atoms with E-state index in [0.717, 1.165) is 21.8 Å². The standard InChI is InChI=1S/C24H16N4O5S/c29-21(26-24-25-18-11-10-15(28(32)33)13-20(18)34-24)19(12-14-6-2-1-3-7-14)27-22(30)16-8-4-5-9-17(16)23(27)31/h1-11,13,19H,12H2,(H,25,26,29)/t19-/m1/s1. The van der Waals surface area contributed by atoms with Crippen LogP contribution in [0.15, 0.2) is 72.8 Å². The molecule has 0 bridgehead atoms. The Kier molecular flexibility index (Phi) is 5.34. The predicted molar refractivity (Wildman–Crippen MR) is 126 cm³/mol. The summed E-state index contributed by atoms with van der Waals surface area (Å²) in [6.07, 6.45) is 0.120. The van der Waals surface area contributed by atoms with Crippen molar-refractivity contribution in [2.75, 3.05) is 5.32 Å². The molecule has 0 saturated carbocycles. The fraction of sp³-hybridized carbons (Fsp3) is 0.0833. The highest BCUT2D eigenvalue weighted by atomic mass is 32.1. The van der Waals surface area contributed by atoms with Crippen molar-refractivity contribution in [3.8, 4) is 0 Å². The van der Waals surface area contributed by atoms with E-state index in [2.05, 4.69) is 10.3 Å². The molecule has 3 aromatic carbocycles. The van der Waals surface area contributed by atoms with Gasteiger partial charge in [-0.25, -0.2) is 4.98 Å². The summed E-state index contributed by atoms with van der Waals surface area (Å²) in [5, 5.41) is 14.0. The summed E-state index contributed by atoms with van der Waals surface area (Å²) in [6.45, 7) is 0. The van der Waals surface area contributed by atoms with Gasteiger partial charge in [-0.05, 0) is 23.8 Å². The lowest BCUT2D eigenvalue weighted by Gasteiger charge is -2.25. The molecular weight excluding hydrogens is 456 g/mol. The molecule has 34 heavy (non-hydrogen) atoms. The molecule has 9 nitrogen and oxygen atoms in total. The first-order chi connectivity index (χ1) is 16.4. The van der Waals surface area contributed by atoms with Gasteiger partial charge < -0.3 is 5.32 Å². The van der Waals surface area contributed by atoms with Gasteiger partial charge in [0.2, 0.25) is 5.91 Å². The van der Waals surface area contributed by atoms with Crippen LogP contribution < -0.4 is 5.32 Å². The Hall–Kier alpha value is -4.44. The van der Waals surface area contributed by atoms with Crippen LogP contribution in [-0.4, -0.2) is 38.6 Å². The average Bonchev–Trinajstić information content (AvgIpc) is 3.35. The molecule has 1 aliphatic heterocycles. The third-order valence-electron chi connectivity index (χ3n) is 5.52. The van der Waals surface area contributed by atoms with Gasteiger partial charge >= 0.3 is 0 Å². The maximum absolute atomic E-state index is 13.4. The molecule has 168 valence electrons. The van der Waals surface area contributed by atoms with Crippen LogP contribution in [0.2, 0.25) is 0 Å². The van der Waals surface area contributed by atoms with Crippen LogP contribution >= 0.6 is 11.3 Å². The van der Waals surface area contributed by atoms with Crippen molar-refractivity contribution in [1.29, 1.82) is 0 Å². The quantitative estimate of drug-likeness (QED) is 0.257. The van der Waals surface area contributed by atoms with E-state index >= 15 is 0 Å². The van der Waals surface area contributed by atoms with Gasteiger partial charge in [-0.15, -0.1) is 0 Å². The van der Waals surface area contributed by atoms with Crippen LogP contribution in [0.1, 0.15) is 26.3 Å². The first-order valence-corrected chi connectivity index (χ1v) is 11.1. The van der Waals surface area contributed by atoms with E-state index in [9.17, 15) is 24.5 Å². The molecule has 0 saturated heterocycles. The third kappa shape index (κ3) is 3.80. The van der Waals surface area contributed by atoms with E-state index in [1.807, 2.05) is 30.3 Å². The minimum Gasteiger partial charge on any atom is -0.300 e. The van der Waals surface area contributed by atoms with Gasteiger partial charge in [-0.2, -0.15) is 0 Å². The molecule has 0 spiro atoms. The zero-order valence-electron chi connectivity index (χ0n) is 17.5. The van der Waals surface area contributed by atoms with Gasteiger partial charge in [0.15, 0.2) is 5.13 Å². The number of rotatable bonds is 6. The number of hydrogen-bond donors (Lipinski definition) is 1. The fourth-order valence-electron chi connectivity index (χ4n) is 3.90. The van der Waals surface area contributed by atoms with Crippen LogP contribution in [0.5, 0.6) is 0 Å². The van der Waals surface area contributed by atoms with Gasteiger partial charge in [0.1, 0.15) is 6.04 Å². The van der Waals surface area contributed by atoms with Crippen molar-refractivity contribution >= 4 is 50.1 Å². The van der Waals surface area contributed by atoms with Crippen molar-refractivity contribution in [1.82, 2.24) is 9.88 Å². The summed E-state index contributed by atoms with van der Waals surface area (Å²) < 4.78 is 0.532. The van der Waals surface area contributed by atoms with E-state index in [0.29, 0.717) is 10.2 Å². The number of fused-ring (bicyclic) bond motifs is 2. The van der Waals surface area contributed by atoms with E-state index in [4.69, 9.17) is 0 Å². The summed E-state index contributed by atoms with van der Waals surface area (Å²) in [4.78, 5) is 55.4. The van der Waals surface area contributed by atoms with Gasteiger partial charge in [0.25, 0.3) is 17.5 Å². The molecule has 5 rings (SSSR count). The second-order valence-corrected chi connectivity index (χ2v) is 8.68. The van der Waals surface area contributed by atoms with E-state index in [1.54, 1.807) is 24.3 Å². The van der Waals surface area contributed by atoms with E-state index < -0.39 is 28.7 Å². The molecule has 3 amide bonds. The number of nitro groups is 1. The number of nitrogens with one attached hydrogen (secondary N) is 1. The number of amides is 3. The number of imide groups is 1. The zero-order chi connectivity index (χ0) is 23.8. The fourth-order valence-corrected chi connectivity index (χ4v) is 4.80. The topological polar surface area (TPSA) is 123 Å². The van der Waals surface area contributed by atoms with Crippen molar-refractivity contribution in [3.63, 3.8) is 0 Å². The van der Waals surface area contributed by atoms with E-state index in [1.165, 1.54) is 18.2 Å². The van der Waals surface area contributed by atoms with Crippen LogP contribution in [0.25, 0.3) is 10.2 Å². The maximum atomic E-state index is 13.4. The van der Waals surface area contributed by atoms with Gasteiger partial charge in [0.05, 0.1) is 26.3 Å². The average molecular weight is 472 g/mol. The summed E-state index contributed by atoms with van der Waals surface area (Å²) in [5.74, 6) is -1.64. The normalized spacial score (nSPS) is 13.7. The number of nitro benzene ring substituents is 1. The second kappa shape index (κ2) is 8.49. The van der Waals surface area contributed by atoms with Gasteiger partial charge in [-0.1, -0.05) is 53.8 Å². The molecule has 0 unspecified atom stereocenters. The monoisotopic (exact) mass is 472 g/mol. The number of anilines is 1. The third-order valence-corrected chi connectivity index (χ3v) is 6.46. The molecule has 1 aromatic heterocycles. The van der Waals surface area contributed by atoms with Gasteiger partial charge in [0, 0.05) is 18.6 Å². The Balaban J connectivity index is 1.47. The number of nitrogens with zero attached hydrogens (tertiary/aromatic N) is 3. The molecule has 1 N–H and O–H groups in total. The number of non-ortho nitro benzene ring substituents is 1. The lowest BCUT2D eigenvalue weighted by molar-refractivity contribution is -0.384. The molecule has 0 aliphatic carbocycles. The largest absolute Gasteiger partial charge is 0.300 e. The smallest absolute Gasteiger partial charge is 0.270 e. The molecule has 1 aliphatic rings. The first-order valence-electron chi connectivity index (χ1n) is 10.3. The minimum absolute atomic E-state index is 0.0815. The van der Waals surface area contributed by atoms with Crippen LogP contribution in [0.3, 0.4) is 0 Å². The number of carbonyl (C=O) groups excluding carboxylic acids is 3. The Morgan fingerprint density at radius 2 is 1.65 bits per heavy atom. The first kappa shape index (κ1) is 21.4. The number of carbonyl (C=O) groups is 3. The van der Waals surface area contributed by atoms with Crippen LogP contribution in [0.4, 0.5) is 10.8 Å². The number of aromatic nitrogens is 1. The van der Waals surface area contributed by atoms with Gasteiger partial charge in [-0.3, -0.25) is 29.4 Å². The lowest BCUT2D eigenvalue weighted by Crippen LogP contribution is -2.48. The highest BCUT2D eigenvalue weighted by Crippen LogP contribution is 2.31. The minimum atomic E-state index is -1.11. The SMILES string of the molecule is O=C(Nc1nc2ccc([N+](=O)[O-])cc2s1)[C@@H](Cc1ccccc1)N1C(=O)c2ccccc2C1=O. The van der Waals surface area contributed by atoms with Crippen molar-refractivity contribution in [3.05, 3.63) is 99.6 Å². The number of benzene rings is 3. The summed E-state index contributed by atoms with van der Waals surface area (Å²) >= 11 is 1.08. The summed E-state index contributed by atoms with van der Waals surface area (Å²) in [5.41, 5.74) is 1.70. The molecule has 1 atom stereocenters. The van der Waals surface area contributed by atoms with Crippen molar-refractivity contribution < 1.29 is 19.3 Å². The molecule has 0 fully saturated rings. The molecule has 10 heteroatoms. The van der Waals surface area contributed by atoms with Crippen molar-refractivity contribution in [2.24, 2.45) is 0 Å².